The zero-order valence-electron chi connectivity index (χ0n) is 15.1. The number of hydrogen-bond acceptors (Lipinski definition) is 4. The number of rotatable bonds is 4. The molecule has 0 atom stereocenters. The highest BCUT2D eigenvalue weighted by Gasteiger charge is 2.32. The van der Waals surface area contributed by atoms with E-state index in [1.54, 1.807) is 6.92 Å². The maximum Gasteiger partial charge on any atom is 0.422 e. The quantitative estimate of drug-likeness (QED) is 0.649. The molecule has 1 amide bonds. The summed E-state index contributed by atoms with van der Waals surface area (Å²) in [5.74, 6) is -2.38. The first-order valence-corrected chi connectivity index (χ1v) is 8.35. The Labute approximate surface area is 150 Å². The summed E-state index contributed by atoms with van der Waals surface area (Å²) in [5, 5.41) is 6.88. The molecule has 0 saturated carbocycles. The van der Waals surface area contributed by atoms with Crippen LogP contribution in [0.15, 0.2) is 12.3 Å². The van der Waals surface area contributed by atoms with Crippen LogP contribution in [0.4, 0.5) is 13.2 Å². The minimum absolute atomic E-state index is 0.120. The van der Waals surface area contributed by atoms with Crippen molar-refractivity contribution >= 4 is 18.0 Å². The number of aromatic amines is 1. The molecule has 1 N–H and O–H groups in total. The lowest BCUT2D eigenvalue weighted by atomic mass is 10.1. The van der Waals surface area contributed by atoms with Gasteiger partial charge in [-0.1, -0.05) is 26.0 Å². The number of nitrogens with zero attached hydrogens (tertiary/aromatic N) is 2. The zero-order chi connectivity index (χ0) is 19.7. The molecule has 2 rings (SSSR count). The van der Waals surface area contributed by atoms with Crippen molar-refractivity contribution < 1.29 is 27.5 Å². The van der Waals surface area contributed by atoms with E-state index in [9.17, 15) is 22.8 Å². The molecule has 6 nitrogen and oxygen atoms in total. The molecule has 1 aliphatic rings. The Morgan fingerprint density at radius 3 is 2.62 bits per heavy atom. The van der Waals surface area contributed by atoms with Crippen LogP contribution in [0, 0.1) is 5.92 Å². The van der Waals surface area contributed by atoms with Gasteiger partial charge in [0, 0.05) is 24.3 Å². The van der Waals surface area contributed by atoms with Gasteiger partial charge in [-0.05, 0) is 25.7 Å². The first-order chi connectivity index (χ1) is 12.1. The molecule has 0 fully saturated rings. The summed E-state index contributed by atoms with van der Waals surface area (Å²) in [6.45, 7) is 4.11. The number of halogens is 3. The van der Waals surface area contributed by atoms with Gasteiger partial charge >= 0.3 is 18.1 Å². The van der Waals surface area contributed by atoms with Crippen LogP contribution < -0.4 is 0 Å². The predicted molar refractivity (Wildman–Crippen MR) is 90.0 cm³/mol. The average Bonchev–Trinajstić information content (AvgIpc) is 3.05. The van der Waals surface area contributed by atoms with Crippen LogP contribution in [0.25, 0.3) is 6.08 Å². The summed E-state index contributed by atoms with van der Waals surface area (Å²) >= 11 is 0. The van der Waals surface area contributed by atoms with Crippen LogP contribution in [-0.4, -0.2) is 52.8 Å². The number of esters is 1. The van der Waals surface area contributed by atoms with Crippen molar-refractivity contribution in [1.29, 1.82) is 0 Å². The molecule has 0 bridgehead atoms. The van der Waals surface area contributed by atoms with Crippen LogP contribution in [0.1, 0.15) is 38.4 Å². The second-order valence-corrected chi connectivity index (χ2v) is 6.17. The number of carbonyl (C=O) groups is 2. The number of carbonyl (C=O) groups excluding carboxylic acids is 2. The van der Waals surface area contributed by atoms with Crippen LogP contribution in [0.3, 0.4) is 0 Å². The van der Waals surface area contributed by atoms with E-state index in [-0.39, 0.29) is 12.5 Å². The van der Waals surface area contributed by atoms with E-state index in [0.717, 1.165) is 17.7 Å². The average molecular weight is 375 g/mol. The number of H-pyrrole nitrogens is 1. The standard InChI is InChI=1S/C10H16F3NO3.C7H8N2/c1-4-14(5-7(2)3)8(15)9(16)17-6-10(11,12)13;1-2-4-7-6(3-1)5-8-9-7/h7H,4-6H2,1-3H3;1,3,5H,2,4H2,(H,8,9). The summed E-state index contributed by atoms with van der Waals surface area (Å²) in [5.41, 5.74) is 2.53. The molecule has 0 radical (unpaired) electrons. The third-order valence-electron chi connectivity index (χ3n) is 3.41. The number of amides is 1. The van der Waals surface area contributed by atoms with Crippen molar-refractivity contribution in [2.75, 3.05) is 19.7 Å². The third kappa shape index (κ3) is 7.71. The number of alkyl halides is 3. The van der Waals surface area contributed by atoms with Gasteiger partial charge in [0.05, 0.1) is 6.20 Å². The molecule has 1 aliphatic carbocycles. The minimum atomic E-state index is -4.62. The number of aromatic nitrogens is 2. The van der Waals surface area contributed by atoms with E-state index < -0.39 is 24.7 Å². The highest BCUT2D eigenvalue weighted by Crippen LogP contribution is 2.15. The molecule has 0 spiro atoms. The molecular formula is C17H24F3N3O3. The number of nitrogens with one attached hydrogen (secondary N) is 1. The lowest BCUT2D eigenvalue weighted by Gasteiger charge is -2.21. The molecule has 0 unspecified atom stereocenters. The Morgan fingerprint density at radius 2 is 2.08 bits per heavy atom. The summed E-state index contributed by atoms with van der Waals surface area (Å²) in [7, 11) is 0. The molecule has 146 valence electrons. The highest BCUT2D eigenvalue weighted by molar-refractivity contribution is 6.32. The summed E-state index contributed by atoms with van der Waals surface area (Å²) in [6.07, 6.45) is 3.80. The number of ether oxygens (including phenoxy) is 1. The molecule has 26 heavy (non-hydrogen) atoms. The van der Waals surface area contributed by atoms with Gasteiger partial charge in [0.25, 0.3) is 0 Å². The van der Waals surface area contributed by atoms with Crippen LogP contribution in [0.5, 0.6) is 0 Å². The SMILES string of the molecule is C1=Cc2cn[nH]c2CC1.CCN(CC(C)C)C(=O)C(=O)OCC(F)(F)F. The Kier molecular flexibility index (Phi) is 8.34. The fraction of sp³-hybridized carbons (Fsp3) is 0.588. The van der Waals surface area contributed by atoms with Crippen molar-refractivity contribution in [3.63, 3.8) is 0 Å². The van der Waals surface area contributed by atoms with Gasteiger partial charge in [0.15, 0.2) is 6.61 Å². The summed E-state index contributed by atoms with van der Waals surface area (Å²) < 4.78 is 39.2. The van der Waals surface area contributed by atoms with E-state index in [4.69, 9.17) is 0 Å². The van der Waals surface area contributed by atoms with E-state index in [2.05, 4.69) is 27.1 Å². The maximum atomic E-state index is 11.8. The second-order valence-electron chi connectivity index (χ2n) is 6.17. The minimum Gasteiger partial charge on any atom is -0.449 e. The van der Waals surface area contributed by atoms with Crippen molar-refractivity contribution in [2.45, 2.75) is 39.8 Å². The van der Waals surface area contributed by atoms with Crippen LogP contribution in [-0.2, 0) is 20.7 Å². The number of allylic oxidation sites excluding steroid dienone is 1. The Morgan fingerprint density at radius 1 is 1.38 bits per heavy atom. The molecule has 1 aromatic heterocycles. The molecule has 9 heteroatoms. The van der Waals surface area contributed by atoms with Crippen molar-refractivity contribution in [3.05, 3.63) is 23.5 Å². The van der Waals surface area contributed by atoms with Crippen LogP contribution in [0.2, 0.25) is 0 Å². The Balaban J connectivity index is 0.000000308. The number of hydrogen-bond donors (Lipinski definition) is 1. The normalized spacial score (nSPS) is 12.9. The van der Waals surface area contributed by atoms with Gasteiger partial charge in [-0.2, -0.15) is 18.3 Å². The largest absolute Gasteiger partial charge is 0.449 e. The van der Waals surface area contributed by atoms with Gasteiger partial charge in [-0.15, -0.1) is 0 Å². The van der Waals surface area contributed by atoms with Crippen molar-refractivity contribution in [1.82, 2.24) is 15.1 Å². The monoisotopic (exact) mass is 375 g/mol. The Bertz CT molecular complexity index is 624. The van der Waals surface area contributed by atoms with E-state index in [1.807, 2.05) is 20.0 Å². The maximum absolute atomic E-state index is 11.8. The molecule has 0 aromatic carbocycles. The molecule has 1 aromatic rings. The molecule has 1 heterocycles. The summed E-state index contributed by atoms with van der Waals surface area (Å²) in [4.78, 5) is 23.6. The van der Waals surface area contributed by atoms with E-state index in [1.165, 1.54) is 11.3 Å². The zero-order valence-corrected chi connectivity index (χ0v) is 15.1. The summed E-state index contributed by atoms with van der Waals surface area (Å²) in [6, 6.07) is 0. The van der Waals surface area contributed by atoms with Gasteiger partial charge in [0.2, 0.25) is 0 Å². The molecular weight excluding hydrogens is 351 g/mol. The van der Waals surface area contributed by atoms with Gasteiger partial charge in [-0.25, -0.2) is 4.79 Å². The predicted octanol–water partition coefficient (Wildman–Crippen LogP) is 2.97. The molecule has 0 saturated heterocycles. The smallest absolute Gasteiger partial charge is 0.422 e. The first kappa shape index (κ1) is 21.7. The van der Waals surface area contributed by atoms with Crippen molar-refractivity contribution in [2.24, 2.45) is 5.92 Å². The van der Waals surface area contributed by atoms with E-state index >= 15 is 0 Å². The highest BCUT2D eigenvalue weighted by atomic mass is 19.4. The lowest BCUT2D eigenvalue weighted by molar-refractivity contribution is -0.189. The first-order valence-electron chi connectivity index (χ1n) is 8.35. The van der Waals surface area contributed by atoms with Crippen molar-refractivity contribution in [3.8, 4) is 0 Å². The van der Waals surface area contributed by atoms with Crippen LogP contribution >= 0.6 is 0 Å². The van der Waals surface area contributed by atoms with Gasteiger partial charge in [-0.3, -0.25) is 9.89 Å². The third-order valence-corrected chi connectivity index (χ3v) is 3.41. The fourth-order valence-corrected chi connectivity index (χ4v) is 2.24. The second kappa shape index (κ2) is 9.98. The Hall–Kier alpha value is -2.32. The van der Waals surface area contributed by atoms with E-state index in [0.29, 0.717) is 6.54 Å². The number of aryl methyl sites for hydroxylation is 1. The van der Waals surface area contributed by atoms with Gasteiger partial charge < -0.3 is 9.64 Å². The fourth-order valence-electron chi connectivity index (χ4n) is 2.24. The lowest BCUT2D eigenvalue weighted by Crippen LogP contribution is -2.40. The molecule has 0 aliphatic heterocycles. The topological polar surface area (TPSA) is 75.3 Å². The van der Waals surface area contributed by atoms with Gasteiger partial charge in [0.1, 0.15) is 0 Å². The number of fused-ring (bicyclic) bond motifs is 1. The number of likely N-dealkylation sites (N-methyl/N-ethyl adjacent to an activating group) is 1.